The lowest BCUT2D eigenvalue weighted by atomic mass is 10.2. The van der Waals surface area contributed by atoms with Crippen LogP contribution in [0.4, 0.5) is 5.69 Å². The maximum Gasteiger partial charge on any atom is 0.119 e. The number of ether oxygens (including phenoxy) is 1. The first-order valence-electron chi connectivity index (χ1n) is 5.69. The van der Waals surface area contributed by atoms with E-state index in [1.807, 2.05) is 24.3 Å². The maximum absolute atomic E-state index is 5.86. The van der Waals surface area contributed by atoms with Crippen LogP contribution in [-0.4, -0.2) is 13.7 Å². The van der Waals surface area contributed by atoms with Gasteiger partial charge in [0.05, 0.1) is 16.9 Å². The van der Waals surface area contributed by atoms with Crippen molar-refractivity contribution >= 4 is 48.9 Å². The summed E-state index contributed by atoms with van der Waals surface area (Å²) in [5.41, 5.74) is 6.88. The van der Waals surface area contributed by atoms with Crippen molar-refractivity contribution in [3.8, 4) is 5.75 Å². The third kappa shape index (κ3) is 3.72. The van der Waals surface area contributed by atoms with Gasteiger partial charge in [-0.15, -0.1) is 11.3 Å². The van der Waals surface area contributed by atoms with Gasteiger partial charge in [-0.2, -0.15) is 0 Å². The van der Waals surface area contributed by atoms with Crippen LogP contribution < -0.4 is 15.8 Å². The van der Waals surface area contributed by atoms with Crippen LogP contribution in [0.2, 0.25) is 0 Å². The summed E-state index contributed by atoms with van der Waals surface area (Å²) >= 11 is 8.68. The van der Waals surface area contributed by atoms with Crippen molar-refractivity contribution in [2.75, 3.05) is 19.0 Å². The number of thiophene rings is 1. The molecule has 1 aromatic carbocycles. The van der Waals surface area contributed by atoms with Gasteiger partial charge >= 0.3 is 0 Å². The molecule has 0 saturated heterocycles. The molecule has 102 valence electrons. The molecule has 19 heavy (non-hydrogen) atoms. The third-order valence-corrected chi connectivity index (χ3v) is 6.04. The monoisotopic (exact) mass is 404 g/mol. The summed E-state index contributed by atoms with van der Waals surface area (Å²) in [5, 5.41) is 3.43. The van der Waals surface area contributed by atoms with Crippen molar-refractivity contribution in [2.45, 2.75) is 6.04 Å². The quantitative estimate of drug-likeness (QED) is 0.775. The molecule has 0 amide bonds. The van der Waals surface area contributed by atoms with E-state index < -0.39 is 0 Å². The largest absolute Gasteiger partial charge is 0.497 e. The van der Waals surface area contributed by atoms with Gasteiger partial charge in [0.1, 0.15) is 5.75 Å². The zero-order chi connectivity index (χ0) is 13.8. The number of hydrogen-bond acceptors (Lipinski definition) is 4. The van der Waals surface area contributed by atoms with E-state index in [1.165, 1.54) is 4.88 Å². The van der Waals surface area contributed by atoms with E-state index in [4.69, 9.17) is 10.5 Å². The molecule has 0 radical (unpaired) electrons. The standard InChI is InChI=1S/C13H14Br2N2OS/c1-18-9-4-2-8(3-5-9)17-11(7-16)12-6-10(14)13(15)19-12/h2-6,11,17H,7,16H2,1H3. The molecule has 0 aliphatic carbocycles. The SMILES string of the molecule is COc1ccc(NC(CN)c2cc(Br)c(Br)s2)cc1. The molecule has 0 saturated carbocycles. The minimum absolute atomic E-state index is 0.0981. The number of halogens is 2. The first kappa shape index (κ1) is 14.8. The van der Waals surface area contributed by atoms with Crippen molar-refractivity contribution in [3.05, 3.63) is 43.5 Å². The highest BCUT2D eigenvalue weighted by atomic mass is 79.9. The second-order valence-electron chi connectivity index (χ2n) is 3.93. The number of rotatable bonds is 5. The molecule has 3 N–H and O–H groups in total. The van der Waals surface area contributed by atoms with Gasteiger partial charge in [0, 0.05) is 21.6 Å². The van der Waals surface area contributed by atoms with E-state index in [1.54, 1.807) is 18.4 Å². The van der Waals surface area contributed by atoms with E-state index in [0.29, 0.717) is 6.54 Å². The summed E-state index contributed by atoms with van der Waals surface area (Å²) in [7, 11) is 1.66. The smallest absolute Gasteiger partial charge is 0.119 e. The molecule has 1 aromatic heterocycles. The van der Waals surface area contributed by atoms with Gasteiger partial charge in [0.2, 0.25) is 0 Å². The van der Waals surface area contributed by atoms with Gasteiger partial charge in [0.15, 0.2) is 0 Å². The minimum Gasteiger partial charge on any atom is -0.497 e. The summed E-state index contributed by atoms with van der Waals surface area (Å²) in [4.78, 5) is 1.19. The Morgan fingerprint density at radius 1 is 1.32 bits per heavy atom. The molecular formula is C13H14Br2N2OS. The zero-order valence-corrected chi connectivity index (χ0v) is 14.3. The average molecular weight is 406 g/mol. The molecule has 1 heterocycles. The van der Waals surface area contributed by atoms with Crippen molar-refractivity contribution in [1.29, 1.82) is 0 Å². The Balaban J connectivity index is 2.13. The first-order chi connectivity index (χ1) is 9.13. The van der Waals surface area contributed by atoms with E-state index >= 15 is 0 Å². The minimum atomic E-state index is 0.0981. The van der Waals surface area contributed by atoms with Gasteiger partial charge in [-0.3, -0.25) is 0 Å². The number of methoxy groups -OCH3 is 1. The molecule has 3 nitrogen and oxygen atoms in total. The van der Waals surface area contributed by atoms with Gasteiger partial charge in [-0.1, -0.05) is 0 Å². The van der Waals surface area contributed by atoms with E-state index in [2.05, 4.69) is 43.2 Å². The second kappa shape index (κ2) is 6.74. The molecule has 0 fully saturated rings. The molecular weight excluding hydrogens is 392 g/mol. The molecule has 1 atom stereocenters. The second-order valence-corrected chi connectivity index (χ2v) is 7.19. The van der Waals surface area contributed by atoms with Crippen LogP contribution in [0.3, 0.4) is 0 Å². The summed E-state index contributed by atoms with van der Waals surface area (Å²) in [6.07, 6.45) is 0. The number of hydrogen-bond donors (Lipinski definition) is 2. The number of anilines is 1. The topological polar surface area (TPSA) is 47.3 Å². The summed E-state index contributed by atoms with van der Waals surface area (Å²) < 4.78 is 7.28. The fraction of sp³-hybridized carbons (Fsp3) is 0.231. The van der Waals surface area contributed by atoms with E-state index in [9.17, 15) is 0 Å². The lowest BCUT2D eigenvalue weighted by Crippen LogP contribution is -2.19. The lowest BCUT2D eigenvalue weighted by Gasteiger charge is -2.16. The van der Waals surface area contributed by atoms with Crippen LogP contribution in [0.1, 0.15) is 10.9 Å². The van der Waals surface area contributed by atoms with Crippen molar-refractivity contribution in [1.82, 2.24) is 0 Å². The Labute approximate surface area is 133 Å². The highest BCUT2D eigenvalue weighted by molar-refractivity contribution is 9.13. The Morgan fingerprint density at radius 2 is 2.00 bits per heavy atom. The van der Waals surface area contributed by atoms with Crippen molar-refractivity contribution < 1.29 is 4.74 Å². The van der Waals surface area contributed by atoms with Gasteiger partial charge < -0.3 is 15.8 Å². The molecule has 1 unspecified atom stereocenters. The lowest BCUT2D eigenvalue weighted by molar-refractivity contribution is 0.415. The maximum atomic E-state index is 5.86. The number of nitrogens with one attached hydrogen (secondary N) is 1. The molecule has 0 spiro atoms. The van der Waals surface area contributed by atoms with E-state index in [0.717, 1.165) is 19.7 Å². The van der Waals surface area contributed by atoms with Gasteiger partial charge in [0.25, 0.3) is 0 Å². The average Bonchev–Trinajstić information content (AvgIpc) is 2.76. The van der Waals surface area contributed by atoms with E-state index in [-0.39, 0.29) is 6.04 Å². The van der Waals surface area contributed by atoms with Gasteiger partial charge in [-0.25, -0.2) is 0 Å². The van der Waals surface area contributed by atoms with Gasteiger partial charge in [-0.05, 0) is 62.2 Å². The normalized spacial score (nSPS) is 12.2. The molecule has 0 bridgehead atoms. The third-order valence-electron chi connectivity index (χ3n) is 2.67. The highest BCUT2D eigenvalue weighted by Crippen LogP contribution is 2.36. The predicted molar refractivity (Wildman–Crippen MR) is 88.1 cm³/mol. The fourth-order valence-electron chi connectivity index (χ4n) is 1.67. The molecule has 0 aliphatic heterocycles. The van der Waals surface area contributed by atoms with Crippen LogP contribution in [-0.2, 0) is 0 Å². The highest BCUT2D eigenvalue weighted by Gasteiger charge is 2.14. The van der Waals surface area contributed by atoms with Crippen LogP contribution in [0, 0.1) is 0 Å². The summed E-state index contributed by atoms with van der Waals surface area (Å²) in [5.74, 6) is 0.844. The molecule has 6 heteroatoms. The van der Waals surface area contributed by atoms with Crippen LogP contribution in [0.15, 0.2) is 38.6 Å². The molecule has 2 rings (SSSR count). The summed E-state index contributed by atoms with van der Waals surface area (Å²) in [6.45, 7) is 0.533. The predicted octanol–water partition coefficient (Wildman–Crippen LogP) is 4.39. The zero-order valence-electron chi connectivity index (χ0n) is 10.3. The first-order valence-corrected chi connectivity index (χ1v) is 8.09. The Bertz CT molecular complexity index is 523. The summed E-state index contributed by atoms with van der Waals surface area (Å²) in [6, 6.07) is 10.0. The fourth-order valence-corrected chi connectivity index (χ4v) is 3.82. The van der Waals surface area contributed by atoms with Crippen molar-refractivity contribution in [2.24, 2.45) is 5.73 Å². The van der Waals surface area contributed by atoms with Crippen LogP contribution in [0.25, 0.3) is 0 Å². The Hall–Kier alpha value is -0.560. The molecule has 2 aromatic rings. The van der Waals surface area contributed by atoms with Crippen LogP contribution >= 0.6 is 43.2 Å². The van der Waals surface area contributed by atoms with Crippen LogP contribution in [0.5, 0.6) is 5.75 Å². The number of benzene rings is 1. The Kier molecular flexibility index (Phi) is 5.27. The molecule has 0 aliphatic rings. The Morgan fingerprint density at radius 3 is 2.47 bits per heavy atom. The number of nitrogens with two attached hydrogens (primary N) is 1. The van der Waals surface area contributed by atoms with Crippen molar-refractivity contribution in [3.63, 3.8) is 0 Å².